The van der Waals surface area contributed by atoms with Gasteiger partial charge in [-0.15, -0.1) is 22.7 Å². The predicted molar refractivity (Wildman–Crippen MR) is 90.5 cm³/mol. The number of rotatable bonds is 5. The first-order valence-corrected chi connectivity index (χ1v) is 9.30. The Kier molecular flexibility index (Phi) is 4.54. The molecule has 1 aliphatic rings. The van der Waals surface area contributed by atoms with Gasteiger partial charge in [0.15, 0.2) is 5.78 Å². The molecular weight excluding hydrogens is 314 g/mol. The number of thiophene rings is 1. The van der Waals surface area contributed by atoms with Crippen molar-refractivity contribution in [2.24, 2.45) is 11.8 Å². The van der Waals surface area contributed by atoms with Gasteiger partial charge < -0.3 is 4.79 Å². The second kappa shape index (κ2) is 6.42. The molecule has 0 aromatic carbocycles. The Hall–Kier alpha value is -1.33. The maximum Gasteiger partial charge on any atom is 0.152 e. The van der Waals surface area contributed by atoms with Gasteiger partial charge >= 0.3 is 0 Å². The minimum atomic E-state index is -0.694. The van der Waals surface area contributed by atoms with Crippen LogP contribution in [0, 0.1) is 18.8 Å². The van der Waals surface area contributed by atoms with Crippen LogP contribution in [0.1, 0.15) is 42.7 Å². The summed E-state index contributed by atoms with van der Waals surface area (Å²) in [4.78, 5) is 31.0. The van der Waals surface area contributed by atoms with Crippen molar-refractivity contribution in [2.45, 2.75) is 39.0 Å². The van der Waals surface area contributed by atoms with Crippen molar-refractivity contribution in [3.8, 4) is 9.88 Å². The first-order chi connectivity index (χ1) is 10.6. The molecule has 0 saturated heterocycles. The average Bonchev–Trinajstić information content (AvgIpc) is 3.21. The van der Waals surface area contributed by atoms with Crippen LogP contribution in [-0.2, 0) is 9.59 Å². The van der Waals surface area contributed by atoms with Crippen molar-refractivity contribution in [1.29, 1.82) is 0 Å². The van der Waals surface area contributed by atoms with Crippen LogP contribution in [0.3, 0.4) is 0 Å². The van der Waals surface area contributed by atoms with Gasteiger partial charge in [-0.05, 0) is 43.6 Å². The third-order valence-electron chi connectivity index (χ3n) is 4.40. The smallest absolute Gasteiger partial charge is 0.152 e. The molecule has 0 aliphatic heterocycles. The summed E-state index contributed by atoms with van der Waals surface area (Å²) in [5, 5.41) is 2.91. The normalized spacial score (nSPS) is 22.6. The molecule has 0 N–H and O–H groups in total. The largest absolute Gasteiger partial charge is 0.302 e. The highest BCUT2D eigenvalue weighted by Crippen LogP contribution is 2.37. The zero-order chi connectivity index (χ0) is 15.7. The zero-order valence-electron chi connectivity index (χ0n) is 12.7. The maximum absolute atomic E-state index is 12.7. The molecule has 5 heteroatoms. The molecule has 3 atom stereocenters. The maximum atomic E-state index is 12.7. The fraction of sp³-hybridized carbons (Fsp3) is 0.471. The molecule has 22 heavy (non-hydrogen) atoms. The number of aromatic nitrogens is 1. The Morgan fingerprint density at radius 3 is 2.86 bits per heavy atom. The van der Waals surface area contributed by atoms with Gasteiger partial charge in [0.2, 0.25) is 0 Å². The highest BCUT2D eigenvalue weighted by molar-refractivity contribution is 7.21. The van der Waals surface area contributed by atoms with E-state index in [1.54, 1.807) is 22.7 Å². The molecule has 2 heterocycles. The minimum absolute atomic E-state index is 0.0245. The van der Waals surface area contributed by atoms with Gasteiger partial charge in [0.05, 0.1) is 10.6 Å². The number of hydrogen-bond acceptors (Lipinski definition) is 5. The number of thiazole rings is 1. The first kappa shape index (κ1) is 15.6. The Balaban J connectivity index is 1.87. The lowest BCUT2D eigenvalue weighted by atomic mass is 9.89. The fourth-order valence-corrected chi connectivity index (χ4v) is 4.94. The topological polar surface area (TPSA) is 47.0 Å². The molecule has 1 fully saturated rings. The molecule has 0 radical (unpaired) electrons. The number of hydrogen-bond donors (Lipinski definition) is 0. The SMILES string of the molecule is Cc1sc(-c2cccs2)nc1C(C=O)C(=O)[C@@H]1CC[C@@H](C)C1. The van der Waals surface area contributed by atoms with E-state index in [1.165, 1.54) is 0 Å². The summed E-state index contributed by atoms with van der Waals surface area (Å²) in [6.45, 7) is 4.12. The van der Waals surface area contributed by atoms with Crippen LogP contribution in [0.15, 0.2) is 17.5 Å². The summed E-state index contributed by atoms with van der Waals surface area (Å²) in [5.41, 5.74) is 0.660. The van der Waals surface area contributed by atoms with Crippen molar-refractivity contribution >= 4 is 34.7 Å². The van der Waals surface area contributed by atoms with Crippen molar-refractivity contribution in [1.82, 2.24) is 4.98 Å². The van der Waals surface area contributed by atoms with Crippen LogP contribution in [0.5, 0.6) is 0 Å². The summed E-state index contributed by atoms with van der Waals surface area (Å²) < 4.78 is 0. The van der Waals surface area contributed by atoms with E-state index in [-0.39, 0.29) is 11.7 Å². The van der Waals surface area contributed by atoms with Gasteiger partial charge in [-0.2, -0.15) is 0 Å². The summed E-state index contributed by atoms with van der Waals surface area (Å²) in [6, 6.07) is 4.00. The third kappa shape index (κ3) is 2.92. The number of aryl methyl sites for hydroxylation is 1. The number of carbonyl (C=O) groups is 2. The Bertz CT molecular complexity index is 675. The number of aldehydes is 1. The Morgan fingerprint density at radius 1 is 1.45 bits per heavy atom. The van der Waals surface area contributed by atoms with Gasteiger partial charge in [-0.1, -0.05) is 13.0 Å². The molecule has 2 aromatic heterocycles. The molecule has 0 amide bonds. The molecular formula is C17H19NO2S2. The van der Waals surface area contributed by atoms with Gasteiger partial charge in [-0.3, -0.25) is 4.79 Å². The summed E-state index contributed by atoms with van der Waals surface area (Å²) >= 11 is 3.19. The van der Waals surface area contributed by atoms with Gasteiger partial charge in [0, 0.05) is 10.8 Å². The van der Waals surface area contributed by atoms with E-state index in [9.17, 15) is 9.59 Å². The van der Waals surface area contributed by atoms with E-state index < -0.39 is 5.92 Å². The van der Waals surface area contributed by atoms with E-state index in [4.69, 9.17) is 0 Å². The molecule has 0 bridgehead atoms. The highest BCUT2D eigenvalue weighted by atomic mass is 32.1. The average molecular weight is 333 g/mol. The van der Waals surface area contributed by atoms with E-state index in [2.05, 4.69) is 11.9 Å². The van der Waals surface area contributed by atoms with Crippen LogP contribution in [0.25, 0.3) is 9.88 Å². The number of Topliss-reactive ketones (excluding diaryl/α,β-unsaturated/α-hetero) is 1. The Labute approximate surface area is 138 Å². The number of nitrogens with zero attached hydrogens (tertiary/aromatic N) is 1. The lowest BCUT2D eigenvalue weighted by Crippen LogP contribution is -2.22. The quantitative estimate of drug-likeness (QED) is 0.599. The molecule has 116 valence electrons. The van der Waals surface area contributed by atoms with Gasteiger partial charge in [-0.25, -0.2) is 4.98 Å². The predicted octanol–water partition coefficient (Wildman–Crippen LogP) is 4.47. The standard InChI is InChI=1S/C17H19NO2S2/c1-10-5-6-12(8-10)16(20)13(9-19)15-11(2)22-17(18-15)14-4-3-7-21-14/h3-4,7,9-10,12-13H,5-6,8H2,1-2H3/t10-,12-,13?/m1/s1. The van der Waals surface area contributed by atoms with Crippen LogP contribution >= 0.6 is 22.7 Å². The number of carbonyl (C=O) groups excluding carboxylic acids is 2. The summed E-state index contributed by atoms with van der Waals surface area (Å²) in [7, 11) is 0. The molecule has 3 nitrogen and oxygen atoms in total. The van der Waals surface area contributed by atoms with E-state index in [1.807, 2.05) is 24.4 Å². The molecule has 2 aromatic rings. The van der Waals surface area contributed by atoms with E-state index >= 15 is 0 Å². The monoisotopic (exact) mass is 333 g/mol. The summed E-state index contributed by atoms with van der Waals surface area (Å²) in [6.07, 6.45) is 3.68. The molecule has 1 unspecified atom stereocenters. The third-order valence-corrected chi connectivity index (χ3v) is 6.42. The lowest BCUT2D eigenvalue weighted by Gasteiger charge is -2.13. The van der Waals surface area contributed by atoms with Crippen molar-refractivity contribution in [3.63, 3.8) is 0 Å². The minimum Gasteiger partial charge on any atom is -0.302 e. The lowest BCUT2D eigenvalue weighted by molar-refractivity contribution is -0.127. The van der Waals surface area contributed by atoms with Crippen LogP contribution < -0.4 is 0 Å². The Morgan fingerprint density at radius 2 is 2.27 bits per heavy atom. The second-order valence-electron chi connectivity index (χ2n) is 6.07. The van der Waals surface area contributed by atoms with Crippen LogP contribution in [0.2, 0.25) is 0 Å². The summed E-state index contributed by atoms with van der Waals surface area (Å²) in [5.74, 6) is -0.0262. The van der Waals surface area contributed by atoms with Crippen LogP contribution in [0.4, 0.5) is 0 Å². The number of ketones is 1. The first-order valence-electron chi connectivity index (χ1n) is 7.60. The highest BCUT2D eigenvalue weighted by Gasteiger charge is 2.34. The molecule has 0 spiro atoms. The van der Waals surface area contributed by atoms with E-state index in [0.717, 1.165) is 40.3 Å². The van der Waals surface area contributed by atoms with Crippen molar-refractivity contribution in [2.75, 3.05) is 0 Å². The fourth-order valence-electron chi connectivity index (χ4n) is 3.19. The second-order valence-corrected chi connectivity index (χ2v) is 8.22. The van der Waals surface area contributed by atoms with Crippen LogP contribution in [-0.4, -0.2) is 17.1 Å². The van der Waals surface area contributed by atoms with Gasteiger partial charge in [0.25, 0.3) is 0 Å². The molecule has 1 saturated carbocycles. The van der Waals surface area contributed by atoms with Crippen molar-refractivity contribution < 1.29 is 9.59 Å². The van der Waals surface area contributed by atoms with Gasteiger partial charge in [0.1, 0.15) is 17.2 Å². The van der Waals surface area contributed by atoms with Crippen molar-refractivity contribution in [3.05, 3.63) is 28.1 Å². The zero-order valence-corrected chi connectivity index (χ0v) is 14.4. The molecule has 3 rings (SSSR count). The van der Waals surface area contributed by atoms with E-state index in [0.29, 0.717) is 11.6 Å². The molecule has 1 aliphatic carbocycles.